The van der Waals surface area contributed by atoms with Crippen molar-refractivity contribution in [3.8, 4) is 0 Å². The van der Waals surface area contributed by atoms with E-state index in [0.717, 1.165) is 0 Å². The van der Waals surface area contributed by atoms with Crippen LogP contribution in [0.5, 0.6) is 0 Å². The Bertz CT molecular complexity index is 350. The summed E-state index contributed by atoms with van der Waals surface area (Å²) in [5, 5.41) is 0. The normalized spacial score (nSPS) is 28.5. The maximum Gasteiger partial charge on any atom is 0.319 e. The third kappa shape index (κ3) is 2.68. The lowest BCUT2D eigenvalue weighted by molar-refractivity contribution is -0.154. The summed E-state index contributed by atoms with van der Waals surface area (Å²) in [7, 11) is 0. The van der Waals surface area contributed by atoms with Crippen LogP contribution in [0.15, 0.2) is 0 Å². The van der Waals surface area contributed by atoms with Crippen LogP contribution in [0.25, 0.3) is 0 Å². The minimum Gasteiger partial charge on any atom is -0.393 e. The van der Waals surface area contributed by atoms with Gasteiger partial charge in [-0.25, -0.2) is 0 Å². The molecule has 92 valence electrons. The standard InChI is InChI=1S/C10H10O7/c11-7-1-5(9(13)16-7)3-15-4-6-2-8(12)17-10(6)14/h5-6H,1-4H2. The molecule has 0 aromatic carbocycles. The maximum absolute atomic E-state index is 11.1. The van der Waals surface area contributed by atoms with Crippen molar-refractivity contribution < 1.29 is 33.4 Å². The number of cyclic esters (lactones) is 4. The second-order valence-corrected chi connectivity index (χ2v) is 3.93. The van der Waals surface area contributed by atoms with E-state index in [1.54, 1.807) is 0 Å². The van der Waals surface area contributed by atoms with Crippen LogP contribution < -0.4 is 0 Å². The zero-order chi connectivity index (χ0) is 12.4. The molecule has 2 saturated heterocycles. The van der Waals surface area contributed by atoms with Gasteiger partial charge in [0.15, 0.2) is 0 Å². The van der Waals surface area contributed by atoms with Gasteiger partial charge in [0.2, 0.25) is 0 Å². The summed E-state index contributed by atoms with van der Waals surface area (Å²) < 4.78 is 13.8. The fourth-order valence-electron chi connectivity index (χ4n) is 1.65. The minimum atomic E-state index is -0.615. The average Bonchev–Trinajstić information content (AvgIpc) is 2.71. The van der Waals surface area contributed by atoms with Crippen molar-refractivity contribution in [2.75, 3.05) is 13.2 Å². The molecule has 2 fully saturated rings. The highest BCUT2D eigenvalue weighted by Crippen LogP contribution is 2.19. The Balaban J connectivity index is 1.73. The predicted molar refractivity (Wildman–Crippen MR) is 49.2 cm³/mol. The summed E-state index contributed by atoms with van der Waals surface area (Å²) in [5.41, 5.74) is 0. The van der Waals surface area contributed by atoms with Crippen LogP contribution in [0, 0.1) is 11.8 Å². The van der Waals surface area contributed by atoms with Crippen LogP contribution >= 0.6 is 0 Å². The highest BCUT2D eigenvalue weighted by Gasteiger charge is 2.36. The van der Waals surface area contributed by atoms with Crippen LogP contribution in [0.4, 0.5) is 0 Å². The number of ether oxygens (including phenoxy) is 3. The quantitative estimate of drug-likeness (QED) is 0.469. The molecule has 0 spiro atoms. The molecule has 0 aliphatic carbocycles. The molecule has 2 rings (SSSR count). The molecule has 2 aliphatic rings. The van der Waals surface area contributed by atoms with Gasteiger partial charge in [-0.1, -0.05) is 0 Å². The number of carbonyl (C=O) groups excluding carboxylic acids is 4. The molecule has 0 saturated carbocycles. The highest BCUT2D eigenvalue weighted by molar-refractivity contribution is 5.95. The van der Waals surface area contributed by atoms with E-state index >= 15 is 0 Å². The van der Waals surface area contributed by atoms with Crippen LogP contribution in [0.2, 0.25) is 0 Å². The molecule has 17 heavy (non-hydrogen) atoms. The monoisotopic (exact) mass is 242 g/mol. The molecule has 2 aliphatic heterocycles. The largest absolute Gasteiger partial charge is 0.393 e. The van der Waals surface area contributed by atoms with Gasteiger partial charge in [0.05, 0.1) is 37.9 Å². The molecule has 0 N–H and O–H groups in total. The Kier molecular flexibility index (Phi) is 3.19. The van der Waals surface area contributed by atoms with Gasteiger partial charge in [0.25, 0.3) is 0 Å². The molecule has 0 radical (unpaired) electrons. The molecule has 7 nitrogen and oxygen atoms in total. The van der Waals surface area contributed by atoms with Gasteiger partial charge >= 0.3 is 23.9 Å². The minimum absolute atomic E-state index is 0.00252. The van der Waals surface area contributed by atoms with E-state index in [9.17, 15) is 19.2 Å². The van der Waals surface area contributed by atoms with Crippen LogP contribution in [0.1, 0.15) is 12.8 Å². The van der Waals surface area contributed by atoms with E-state index in [0.29, 0.717) is 0 Å². The van der Waals surface area contributed by atoms with E-state index in [1.165, 1.54) is 0 Å². The Morgan fingerprint density at radius 3 is 1.59 bits per heavy atom. The topological polar surface area (TPSA) is 96.0 Å². The van der Waals surface area contributed by atoms with E-state index in [2.05, 4.69) is 9.47 Å². The average molecular weight is 242 g/mol. The lowest BCUT2D eigenvalue weighted by Crippen LogP contribution is -2.20. The molecule has 0 bridgehead atoms. The van der Waals surface area contributed by atoms with Gasteiger partial charge in [-0.05, 0) is 0 Å². The summed E-state index contributed by atoms with van der Waals surface area (Å²) in [5.74, 6) is -3.59. The zero-order valence-corrected chi connectivity index (χ0v) is 8.84. The SMILES string of the molecule is O=C1CC(COCC2CC(=O)OC2=O)C(=O)O1. The van der Waals surface area contributed by atoms with Crippen molar-refractivity contribution in [1.82, 2.24) is 0 Å². The second kappa shape index (κ2) is 4.62. The highest BCUT2D eigenvalue weighted by atomic mass is 16.6. The van der Waals surface area contributed by atoms with Gasteiger partial charge in [-0.15, -0.1) is 0 Å². The Labute approximate surface area is 96.0 Å². The van der Waals surface area contributed by atoms with Crippen LogP contribution in [-0.2, 0) is 33.4 Å². The number of hydrogen-bond donors (Lipinski definition) is 0. The lowest BCUT2D eigenvalue weighted by atomic mass is 10.1. The summed E-state index contributed by atoms with van der Waals surface area (Å²) in [6.07, 6.45) is -0.0141. The molecule has 0 aromatic rings. The van der Waals surface area contributed by atoms with Crippen molar-refractivity contribution in [1.29, 1.82) is 0 Å². The Morgan fingerprint density at radius 2 is 1.29 bits per heavy atom. The number of rotatable bonds is 4. The third-order valence-electron chi connectivity index (χ3n) is 2.56. The first kappa shape index (κ1) is 11.7. The first-order valence-electron chi connectivity index (χ1n) is 5.13. The second-order valence-electron chi connectivity index (χ2n) is 3.93. The molecule has 7 heteroatoms. The molecular weight excluding hydrogens is 232 g/mol. The summed E-state index contributed by atoms with van der Waals surface area (Å²) >= 11 is 0. The molecule has 2 atom stereocenters. The molecule has 0 amide bonds. The fraction of sp³-hybridized carbons (Fsp3) is 0.600. The summed E-state index contributed by atoms with van der Waals surface area (Å²) in [6, 6.07) is 0. The van der Waals surface area contributed by atoms with Crippen molar-refractivity contribution >= 4 is 23.9 Å². The van der Waals surface area contributed by atoms with Crippen molar-refractivity contribution in [3.63, 3.8) is 0 Å². The molecule has 2 unspecified atom stereocenters. The fourth-order valence-corrected chi connectivity index (χ4v) is 1.65. The van der Waals surface area contributed by atoms with Gasteiger partial charge in [0, 0.05) is 0 Å². The number of carbonyl (C=O) groups is 4. The molecule has 0 aromatic heterocycles. The smallest absolute Gasteiger partial charge is 0.319 e. The van der Waals surface area contributed by atoms with Gasteiger partial charge in [0.1, 0.15) is 0 Å². The molecule has 2 heterocycles. The van der Waals surface area contributed by atoms with Gasteiger partial charge in [-0.2, -0.15) is 0 Å². The first-order valence-corrected chi connectivity index (χ1v) is 5.13. The van der Waals surface area contributed by atoms with E-state index < -0.39 is 35.7 Å². The number of esters is 4. The van der Waals surface area contributed by atoms with Crippen molar-refractivity contribution in [2.24, 2.45) is 11.8 Å². The van der Waals surface area contributed by atoms with Crippen molar-refractivity contribution in [2.45, 2.75) is 12.8 Å². The van der Waals surface area contributed by atoms with Gasteiger partial charge in [-0.3, -0.25) is 19.2 Å². The lowest BCUT2D eigenvalue weighted by Gasteiger charge is -2.08. The van der Waals surface area contributed by atoms with E-state index in [1.807, 2.05) is 0 Å². The predicted octanol–water partition coefficient (Wildman–Crippen LogP) is -0.818. The number of hydrogen-bond acceptors (Lipinski definition) is 7. The Morgan fingerprint density at radius 1 is 0.882 bits per heavy atom. The van der Waals surface area contributed by atoms with Gasteiger partial charge < -0.3 is 14.2 Å². The Hall–Kier alpha value is -1.76. The maximum atomic E-state index is 11.1. The summed E-state index contributed by atoms with van der Waals surface area (Å²) in [6.45, 7) is 0.00505. The van der Waals surface area contributed by atoms with Crippen LogP contribution in [0.3, 0.4) is 0 Å². The first-order chi connectivity index (χ1) is 8.06. The summed E-state index contributed by atoms with van der Waals surface area (Å²) in [4.78, 5) is 43.6. The van der Waals surface area contributed by atoms with Crippen LogP contribution in [-0.4, -0.2) is 37.1 Å². The van der Waals surface area contributed by atoms with E-state index in [-0.39, 0.29) is 26.1 Å². The zero-order valence-electron chi connectivity index (χ0n) is 8.84. The van der Waals surface area contributed by atoms with E-state index in [4.69, 9.17) is 4.74 Å². The third-order valence-corrected chi connectivity index (χ3v) is 2.56. The molecular formula is C10H10O7. The van der Waals surface area contributed by atoms with Crippen molar-refractivity contribution in [3.05, 3.63) is 0 Å².